The van der Waals surface area contributed by atoms with E-state index in [0.29, 0.717) is 5.95 Å². The summed E-state index contributed by atoms with van der Waals surface area (Å²) < 4.78 is 1.63. The minimum Gasteiger partial charge on any atom is -0.368 e. The van der Waals surface area contributed by atoms with Gasteiger partial charge in [-0.1, -0.05) is 50.8 Å². The largest absolute Gasteiger partial charge is 0.368 e. The van der Waals surface area contributed by atoms with Gasteiger partial charge < -0.3 is 11.1 Å². The van der Waals surface area contributed by atoms with Crippen LogP contribution in [0.25, 0.3) is 22.5 Å². The van der Waals surface area contributed by atoms with Gasteiger partial charge in [-0.2, -0.15) is 4.52 Å². The molecule has 0 saturated heterocycles. The number of allylic oxidation sites excluding steroid dienone is 1. The van der Waals surface area contributed by atoms with Crippen molar-refractivity contribution in [3.63, 3.8) is 0 Å². The number of nitrogens with zero attached hydrogens (tertiary/aromatic N) is 4. The van der Waals surface area contributed by atoms with Crippen molar-refractivity contribution >= 4 is 17.2 Å². The lowest BCUT2D eigenvalue weighted by atomic mass is 10.0. The van der Waals surface area contributed by atoms with Crippen molar-refractivity contribution in [1.29, 1.82) is 0 Å². The smallest absolute Gasteiger partial charge is 0.223 e. The average molecular weight is 367 g/mol. The molecular formula is C21H30N6. The van der Waals surface area contributed by atoms with Crippen molar-refractivity contribution < 1.29 is 0 Å². The fraction of sp³-hybridized carbons (Fsp3) is 0.381. The first kappa shape index (κ1) is 20.6. The number of fused-ring (bicyclic) bond motifs is 1. The third-order valence-corrected chi connectivity index (χ3v) is 4.11. The minimum atomic E-state index is 0.341. The normalized spacial score (nSPS) is 10.5. The van der Waals surface area contributed by atoms with Crippen LogP contribution in [0.3, 0.4) is 0 Å². The fourth-order valence-electron chi connectivity index (χ4n) is 2.89. The molecule has 3 N–H and O–H groups in total. The molecule has 0 fully saturated rings. The first-order valence-electron chi connectivity index (χ1n) is 9.53. The van der Waals surface area contributed by atoms with Gasteiger partial charge in [0.25, 0.3) is 0 Å². The Morgan fingerprint density at radius 1 is 1.15 bits per heavy atom. The molecule has 0 aliphatic carbocycles. The molecule has 0 radical (unpaired) electrons. The molecule has 1 aromatic carbocycles. The SMILES string of the molecule is C=C(C)c1c(-c2ccccc2)nc(N)n2nc(CCCCNC)nc12.CC. The number of nitrogens with two attached hydrogens (primary N) is 1. The summed E-state index contributed by atoms with van der Waals surface area (Å²) in [7, 11) is 1.96. The minimum absolute atomic E-state index is 0.341. The van der Waals surface area contributed by atoms with Gasteiger partial charge in [-0.15, -0.1) is 5.10 Å². The topological polar surface area (TPSA) is 81.1 Å². The average Bonchev–Trinajstić information content (AvgIpc) is 3.11. The van der Waals surface area contributed by atoms with Crippen LogP contribution in [0.15, 0.2) is 36.9 Å². The van der Waals surface area contributed by atoms with E-state index in [0.717, 1.165) is 59.7 Å². The van der Waals surface area contributed by atoms with E-state index in [1.165, 1.54) is 0 Å². The highest BCUT2D eigenvalue weighted by molar-refractivity contribution is 5.85. The Morgan fingerprint density at radius 3 is 2.48 bits per heavy atom. The van der Waals surface area contributed by atoms with E-state index in [-0.39, 0.29) is 0 Å². The molecule has 0 atom stereocenters. The predicted molar refractivity (Wildman–Crippen MR) is 114 cm³/mol. The highest BCUT2D eigenvalue weighted by Gasteiger charge is 2.18. The highest BCUT2D eigenvalue weighted by Crippen LogP contribution is 2.30. The molecule has 0 aliphatic heterocycles. The number of benzene rings is 1. The monoisotopic (exact) mass is 366 g/mol. The Balaban J connectivity index is 0.00000126. The number of anilines is 1. The first-order chi connectivity index (χ1) is 13.1. The van der Waals surface area contributed by atoms with Crippen LogP contribution >= 0.6 is 0 Å². The maximum Gasteiger partial charge on any atom is 0.223 e. The van der Waals surface area contributed by atoms with Gasteiger partial charge in [0.05, 0.1) is 5.69 Å². The van der Waals surface area contributed by atoms with Crippen molar-refractivity contribution in [2.75, 3.05) is 19.3 Å². The lowest BCUT2D eigenvalue weighted by Crippen LogP contribution is -2.08. The van der Waals surface area contributed by atoms with Crippen LogP contribution in [0.1, 0.15) is 45.0 Å². The number of aryl methyl sites for hydroxylation is 1. The summed E-state index contributed by atoms with van der Waals surface area (Å²) in [6.45, 7) is 11.1. The van der Waals surface area contributed by atoms with E-state index in [9.17, 15) is 0 Å². The highest BCUT2D eigenvalue weighted by atomic mass is 15.3. The summed E-state index contributed by atoms with van der Waals surface area (Å²) in [6, 6.07) is 9.97. The molecule has 6 heteroatoms. The Hall–Kier alpha value is -2.73. The predicted octanol–water partition coefficient (Wildman–Crippen LogP) is 3.97. The van der Waals surface area contributed by atoms with Gasteiger partial charge in [-0.05, 0) is 38.9 Å². The zero-order chi connectivity index (χ0) is 19.8. The molecule has 0 unspecified atom stereocenters. The Labute approximate surface area is 161 Å². The van der Waals surface area contributed by atoms with E-state index >= 15 is 0 Å². The number of unbranched alkanes of at least 4 members (excludes halogenated alkanes) is 1. The van der Waals surface area contributed by atoms with Gasteiger partial charge in [-0.3, -0.25) is 0 Å². The van der Waals surface area contributed by atoms with Crippen molar-refractivity contribution in [1.82, 2.24) is 24.9 Å². The molecule has 27 heavy (non-hydrogen) atoms. The molecule has 0 saturated carbocycles. The number of hydrogen-bond donors (Lipinski definition) is 2. The van der Waals surface area contributed by atoms with E-state index < -0.39 is 0 Å². The van der Waals surface area contributed by atoms with Gasteiger partial charge in [0.15, 0.2) is 11.5 Å². The van der Waals surface area contributed by atoms with Crippen LogP contribution in [-0.4, -0.2) is 33.2 Å². The zero-order valence-electron chi connectivity index (χ0n) is 16.8. The molecule has 2 aromatic heterocycles. The van der Waals surface area contributed by atoms with Gasteiger partial charge >= 0.3 is 0 Å². The third-order valence-electron chi connectivity index (χ3n) is 4.11. The number of rotatable bonds is 7. The summed E-state index contributed by atoms with van der Waals surface area (Å²) >= 11 is 0. The molecular weight excluding hydrogens is 336 g/mol. The van der Waals surface area contributed by atoms with E-state index in [1.807, 2.05) is 58.2 Å². The van der Waals surface area contributed by atoms with Gasteiger partial charge in [0, 0.05) is 17.5 Å². The van der Waals surface area contributed by atoms with Gasteiger partial charge in [0.2, 0.25) is 5.95 Å². The Bertz CT molecular complexity index is 883. The molecule has 3 aromatic rings. The summed E-state index contributed by atoms with van der Waals surface area (Å²) in [5.41, 5.74) is 10.5. The molecule has 0 bridgehead atoms. The van der Waals surface area contributed by atoms with Crippen LogP contribution in [0.2, 0.25) is 0 Å². The summed E-state index contributed by atoms with van der Waals surface area (Å²) in [4.78, 5) is 9.31. The van der Waals surface area contributed by atoms with Crippen LogP contribution in [0.4, 0.5) is 5.95 Å². The van der Waals surface area contributed by atoms with Crippen LogP contribution in [0.5, 0.6) is 0 Å². The van der Waals surface area contributed by atoms with Crippen LogP contribution < -0.4 is 11.1 Å². The lowest BCUT2D eigenvalue weighted by molar-refractivity contribution is 0.662. The molecule has 3 rings (SSSR count). The summed E-state index contributed by atoms with van der Waals surface area (Å²) in [5.74, 6) is 1.13. The third kappa shape index (κ3) is 4.71. The number of nitrogens with one attached hydrogen (secondary N) is 1. The quantitative estimate of drug-likeness (QED) is 0.618. The maximum atomic E-state index is 6.16. The summed E-state index contributed by atoms with van der Waals surface area (Å²) in [5, 5.41) is 7.70. The van der Waals surface area contributed by atoms with Gasteiger partial charge in [0.1, 0.15) is 0 Å². The molecule has 2 heterocycles. The van der Waals surface area contributed by atoms with Crippen molar-refractivity contribution in [2.45, 2.75) is 40.0 Å². The Kier molecular flexibility index (Phi) is 7.49. The van der Waals surface area contributed by atoms with Gasteiger partial charge in [-0.25, -0.2) is 9.97 Å². The van der Waals surface area contributed by atoms with Crippen molar-refractivity contribution in [2.24, 2.45) is 0 Å². The van der Waals surface area contributed by atoms with E-state index in [4.69, 9.17) is 10.7 Å². The fourth-order valence-corrected chi connectivity index (χ4v) is 2.89. The number of hydrogen-bond acceptors (Lipinski definition) is 5. The molecule has 0 spiro atoms. The molecule has 0 amide bonds. The number of nitrogen functional groups attached to an aromatic ring is 1. The second-order valence-electron chi connectivity index (χ2n) is 6.16. The molecule has 144 valence electrons. The standard InChI is InChI=1S/C19H24N6.C2H6/c1-13(2)16-17(14-9-5-4-6-10-14)23-19(20)25-18(16)22-15(24-25)11-7-8-12-21-3;1-2/h4-6,9-10,21H,1,7-8,11-12H2,2-3H3,(H2,20,23);1-2H3. The zero-order valence-corrected chi connectivity index (χ0v) is 16.8. The van der Waals surface area contributed by atoms with E-state index in [1.54, 1.807) is 4.52 Å². The lowest BCUT2D eigenvalue weighted by Gasteiger charge is -2.11. The van der Waals surface area contributed by atoms with Crippen LogP contribution in [0, 0.1) is 0 Å². The number of aromatic nitrogens is 4. The maximum absolute atomic E-state index is 6.16. The molecule has 6 nitrogen and oxygen atoms in total. The van der Waals surface area contributed by atoms with E-state index in [2.05, 4.69) is 22.0 Å². The second kappa shape index (κ2) is 9.83. The summed E-state index contributed by atoms with van der Waals surface area (Å²) in [6.07, 6.45) is 2.93. The van der Waals surface area contributed by atoms with Crippen LogP contribution in [-0.2, 0) is 6.42 Å². The van der Waals surface area contributed by atoms with Crippen molar-refractivity contribution in [3.05, 3.63) is 48.3 Å². The first-order valence-corrected chi connectivity index (χ1v) is 9.53. The second-order valence-corrected chi connectivity index (χ2v) is 6.16. The van der Waals surface area contributed by atoms with Crippen molar-refractivity contribution in [3.8, 4) is 11.3 Å². The molecule has 0 aliphatic rings. The Morgan fingerprint density at radius 2 is 1.85 bits per heavy atom.